The smallest absolute Gasteiger partial charge is 0.242 e. The van der Waals surface area contributed by atoms with Crippen molar-refractivity contribution in [3.63, 3.8) is 0 Å². The molecule has 1 aromatic rings. The van der Waals surface area contributed by atoms with Crippen molar-refractivity contribution < 1.29 is 8.42 Å². The van der Waals surface area contributed by atoms with Crippen LogP contribution >= 0.6 is 0 Å². The molecule has 0 aliphatic rings. The van der Waals surface area contributed by atoms with Gasteiger partial charge < -0.3 is 9.88 Å². The van der Waals surface area contributed by atoms with E-state index in [0.717, 1.165) is 25.1 Å². The van der Waals surface area contributed by atoms with Crippen LogP contribution in [0.15, 0.2) is 17.2 Å². The quantitative estimate of drug-likeness (QED) is 0.733. The van der Waals surface area contributed by atoms with Crippen molar-refractivity contribution in [2.75, 3.05) is 13.6 Å². The normalized spacial score (nSPS) is 12.2. The minimum atomic E-state index is -3.40. The molecule has 0 aliphatic carbocycles. The number of aromatic nitrogens is 1. The van der Waals surface area contributed by atoms with E-state index in [-0.39, 0.29) is 0 Å². The van der Waals surface area contributed by atoms with Crippen LogP contribution in [0.4, 0.5) is 0 Å². The molecule has 0 bridgehead atoms. The van der Waals surface area contributed by atoms with Crippen LogP contribution in [0.5, 0.6) is 0 Å². The molecule has 0 unspecified atom stereocenters. The molecule has 2 N–H and O–H groups in total. The summed E-state index contributed by atoms with van der Waals surface area (Å²) >= 11 is 0. The summed E-state index contributed by atoms with van der Waals surface area (Å²) in [5.74, 6) is 0.398. The third-order valence-electron chi connectivity index (χ3n) is 3.69. The molecule has 1 aromatic heterocycles. The van der Waals surface area contributed by atoms with Crippen LogP contribution in [0, 0.1) is 5.92 Å². The Morgan fingerprint density at radius 3 is 2.40 bits per heavy atom. The van der Waals surface area contributed by atoms with Crippen molar-refractivity contribution in [1.29, 1.82) is 0 Å². The summed E-state index contributed by atoms with van der Waals surface area (Å²) in [4.78, 5) is 0.357. The second-order valence-corrected chi connectivity index (χ2v) is 6.78. The van der Waals surface area contributed by atoms with E-state index < -0.39 is 10.0 Å². The number of sulfonamides is 1. The molecule has 0 spiro atoms. The molecule has 0 radical (unpaired) electrons. The first-order chi connectivity index (χ1) is 9.48. The lowest BCUT2D eigenvalue weighted by atomic mass is 10.0. The predicted molar refractivity (Wildman–Crippen MR) is 82.1 cm³/mol. The Kier molecular flexibility index (Phi) is 6.71. The first kappa shape index (κ1) is 17.2. The maximum atomic E-state index is 12.3. The van der Waals surface area contributed by atoms with Crippen molar-refractivity contribution in [1.82, 2.24) is 14.6 Å². The highest BCUT2D eigenvalue weighted by Crippen LogP contribution is 2.15. The van der Waals surface area contributed by atoms with Gasteiger partial charge >= 0.3 is 0 Å². The van der Waals surface area contributed by atoms with Crippen LogP contribution in [-0.2, 0) is 23.1 Å². The lowest BCUT2D eigenvalue weighted by Gasteiger charge is -2.12. The van der Waals surface area contributed by atoms with Crippen molar-refractivity contribution in [3.8, 4) is 0 Å². The predicted octanol–water partition coefficient (Wildman–Crippen LogP) is 1.94. The van der Waals surface area contributed by atoms with Gasteiger partial charge in [0.05, 0.1) is 4.90 Å². The summed E-state index contributed by atoms with van der Waals surface area (Å²) in [6.45, 7) is 8.11. The van der Waals surface area contributed by atoms with Gasteiger partial charge in [0.2, 0.25) is 10.0 Å². The lowest BCUT2D eigenvalue weighted by molar-refractivity contribution is 0.479. The Balaban J connectivity index is 2.86. The molecule has 0 fully saturated rings. The van der Waals surface area contributed by atoms with Crippen molar-refractivity contribution in [2.24, 2.45) is 5.92 Å². The van der Waals surface area contributed by atoms with Gasteiger partial charge in [0.1, 0.15) is 0 Å². The number of hydrogen-bond donors (Lipinski definition) is 2. The van der Waals surface area contributed by atoms with Gasteiger partial charge in [-0.2, -0.15) is 0 Å². The van der Waals surface area contributed by atoms with E-state index in [1.165, 1.54) is 0 Å². The monoisotopic (exact) mass is 301 g/mol. The van der Waals surface area contributed by atoms with Crippen LogP contribution in [-0.4, -0.2) is 26.6 Å². The maximum Gasteiger partial charge on any atom is 0.242 e. The number of aryl methyl sites for hydroxylation is 1. The fourth-order valence-corrected chi connectivity index (χ4v) is 3.36. The third-order valence-corrected chi connectivity index (χ3v) is 5.08. The molecule has 0 saturated heterocycles. The van der Waals surface area contributed by atoms with Crippen LogP contribution in [0.2, 0.25) is 0 Å². The van der Waals surface area contributed by atoms with Gasteiger partial charge in [0.15, 0.2) is 0 Å². The minimum absolute atomic E-state index is 0.357. The largest absolute Gasteiger partial charge is 0.349 e. The Bertz CT molecular complexity index is 504. The van der Waals surface area contributed by atoms with Crippen molar-refractivity contribution >= 4 is 10.0 Å². The second kappa shape index (κ2) is 7.81. The number of rotatable bonds is 9. The van der Waals surface area contributed by atoms with E-state index in [1.54, 1.807) is 12.3 Å². The summed E-state index contributed by atoms with van der Waals surface area (Å²) < 4.78 is 29.3. The fourth-order valence-electron chi connectivity index (χ4n) is 2.18. The van der Waals surface area contributed by atoms with Gasteiger partial charge in [-0.1, -0.05) is 26.7 Å². The van der Waals surface area contributed by atoms with E-state index in [2.05, 4.69) is 23.9 Å². The first-order valence-electron chi connectivity index (χ1n) is 7.31. The average molecular weight is 301 g/mol. The molecule has 0 saturated carbocycles. The van der Waals surface area contributed by atoms with Gasteiger partial charge in [-0.3, -0.25) is 0 Å². The number of nitrogens with one attached hydrogen (secondary N) is 2. The zero-order valence-electron chi connectivity index (χ0n) is 12.9. The van der Waals surface area contributed by atoms with Gasteiger partial charge in [0.25, 0.3) is 0 Å². The number of nitrogens with zero attached hydrogens (tertiary/aromatic N) is 1. The van der Waals surface area contributed by atoms with Crippen LogP contribution in [0.1, 0.15) is 39.3 Å². The van der Waals surface area contributed by atoms with Crippen LogP contribution in [0.25, 0.3) is 0 Å². The summed E-state index contributed by atoms with van der Waals surface area (Å²) in [7, 11) is -1.55. The molecular weight excluding hydrogens is 274 g/mol. The average Bonchev–Trinajstić information content (AvgIpc) is 2.84. The Labute approximate surface area is 122 Å². The molecule has 0 amide bonds. The number of hydrogen-bond acceptors (Lipinski definition) is 3. The molecular formula is C14H27N3O2S. The SMILES string of the molecule is CCC(CC)CNS(=O)(=O)c1cc(CNC)n(CC)c1. The highest BCUT2D eigenvalue weighted by molar-refractivity contribution is 7.89. The minimum Gasteiger partial charge on any atom is -0.349 e. The molecule has 5 nitrogen and oxygen atoms in total. The van der Waals surface area contributed by atoms with E-state index in [9.17, 15) is 8.42 Å². The standard InChI is InChI=1S/C14H27N3O2S/c1-5-12(6-2)9-16-20(18,19)14-8-13(10-15-4)17(7-3)11-14/h8,11-12,15-16H,5-7,9-10H2,1-4H3. The Hall–Kier alpha value is -0.850. The van der Waals surface area contributed by atoms with E-state index >= 15 is 0 Å². The van der Waals surface area contributed by atoms with Crippen molar-refractivity contribution in [3.05, 3.63) is 18.0 Å². The highest BCUT2D eigenvalue weighted by atomic mass is 32.2. The molecule has 0 aliphatic heterocycles. The first-order valence-corrected chi connectivity index (χ1v) is 8.80. The summed E-state index contributed by atoms with van der Waals surface area (Å²) in [5.41, 5.74) is 0.984. The second-order valence-electron chi connectivity index (χ2n) is 5.02. The van der Waals surface area contributed by atoms with Gasteiger partial charge in [0, 0.05) is 31.5 Å². The van der Waals surface area contributed by atoms with Gasteiger partial charge in [-0.15, -0.1) is 0 Å². The fraction of sp³-hybridized carbons (Fsp3) is 0.714. The van der Waals surface area contributed by atoms with E-state index in [4.69, 9.17) is 0 Å². The Morgan fingerprint density at radius 1 is 1.25 bits per heavy atom. The van der Waals surface area contributed by atoms with Crippen molar-refractivity contribution in [2.45, 2.75) is 51.6 Å². The van der Waals surface area contributed by atoms with Crippen LogP contribution in [0.3, 0.4) is 0 Å². The molecule has 1 heterocycles. The van der Waals surface area contributed by atoms with Crippen LogP contribution < -0.4 is 10.0 Å². The molecule has 116 valence electrons. The van der Waals surface area contributed by atoms with E-state index in [1.807, 2.05) is 18.5 Å². The zero-order valence-corrected chi connectivity index (χ0v) is 13.8. The maximum absolute atomic E-state index is 12.3. The Morgan fingerprint density at radius 2 is 1.90 bits per heavy atom. The zero-order chi connectivity index (χ0) is 15.2. The summed E-state index contributed by atoms with van der Waals surface area (Å²) in [5, 5.41) is 3.06. The summed E-state index contributed by atoms with van der Waals surface area (Å²) in [6, 6.07) is 1.75. The summed E-state index contributed by atoms with van der Waals surface area (Å²) in [6.07, 6.45) is 3.68. The lowest BCUT2D eigenvalue weighted by Crippen LogP contribution is -2.28. The topological polar surface area (TPSA) is 63.1 Å². The third kappa shape index (κ3) is 4.33. The van der Waals surface area contributed by atoms with Gasteiger partial charge in [-0.05, 0) is 26.0 Å². The molecule has 0 aromatic carbocycles. The van der Waals surface area contributed by atoms with E-state index in [0.29, 0.717) is 23.9 Å². The molecule has 20 heavy (non-hydrogen) atoms. The molecule has 0 atom stereocenters. The molecule has 1 rings (SSSR count). The van der Waals surface area contributed by atoms with Gasteiger partial charge in [-0.25, -0.2) is 13.1 Å². The highest BCUT2D eigenvalue weighted by Gasteiger charge is 2.18. The molecule has 6 heteroatoms.